The summed E-state index contributed by atoms with van der Waals surface area (Å²) in [6.45, 7) is 5.62. The molecule has 19 heavy (non-hydrogen) atoms. The Bertz CT molecular complexity index is 594. The number of carbonyl (C=O) groups is 1. The number of fused-ring (bicyclic) bond motifs is 1. The number of hydrogen-bond donors (Lipinski definition) is 2. The largest absolute Gasteiger partial charge is 0.460 e. The minimum atomic E-state index is -0.425. The number of anilines is 1. The molecule has 3 N–H and O–H groups in total. The van der Waals surface area contributed by atoms with Crippen LogP contribution < -0.4 is 5.73 Å². The molecule has 0 bridgehead atoms. The summed E-state index contributed by atoms with van der Waals surface area (Å²) < 4.78 is 5.30. The van der Waals surface area contributed by atoms with Gasteiger partial charge >= 0.3 is 5.97 Å². The summed E-state index contributed by atoms with van der Waals surface area (Å²) in [5.74, 6) is -0.169. The van der Waals surface area contributed by atoms with E-state index in [-0.39, 0.29) is 5.97 Å². The lowest BCUT2D eigenvalue weighted by Crippen LogP contribution is -2.23. The van der Waals surface area contributed by atoms with E-state index in [0.717, 1.165) is 22.2 Å². The van der Waals surface area contributed by atoms with Crippen molar-refractivity contribution < 1.29 is 9.53 Å². The normalized spacial score (nSPS) is 11.7. The number of aryl methyl sites for hydroxylation is 1. The van der Waals surface area contributed by atoms with Crippen LogP contribution in [0.1, 0.15) is 32.8 Å². The van der Waals surface area contributed by atoms with Crippen LogP contribution in [0.25, 0.3) is 10.9 Å². The molecule has 1 aromatic carbocycles. The fraction of sp³-hybridized carbons (Fsp3) is 0.400. The third kappa shape index (κ3) is 3.50. The first-order valence-electron chi connectivity index (χ1n) is 6.42. The number of aromatic nitrogens is 1. The van der Waals surface area contributed by atoms with Gasteiger partial charge in [0, 0.05) is 29.2 Å². The molecule has 0 aliphatic rings. The lowest BCUT2D eigenvalue weighted by molar-refractivity contribution is -0.154. The number of nitrogens with two attached hydrogens (primary N) is 1. The Labute approximate surface area is 112 Å². The Morgan fingerprint density at radius 3 is 2.79 bits per heavy atom. The van der Waals surface area contributed by atoms with E-state index in [0.29, 0.717) is 12.8 Å². The Kier molecular flexibility index (Phi) is 3.51. The molecule has 0 amide bonds. The van der Waals surface area contributed by atoms with Crippen molar-refractivity contribution in [3.63, 3.8) is 0 Å². The zero-order valence-corrected chi connectivity index (χ0v) is 11.6. The van der Waals surface area contributed by atoms with Crippen LogP contribution in [0.5, 0.6) is 0 Å². The zero-order chi connectivity index (χ0) is 14.0. The summed E-state index contributed by atoms with van der Waals surface area (Å²) >= 11 is 0. The molecular formula is C15H20N2O2. The number of nitrogens with one attached hydrogen (secondary N) is 1. The summed E-state index contributed by atoms with van der Waals surface area (Å²) in [7, 11) is 0. The van der Waals surface area contributed by atoms with E-state index in [1.165, 1.54) is 0 Å². The lowest BCUT2D eigenvalue weighted by Gasteiger charge is -2.19. The van der Waals surface area contributed by atoms with Crippen molar-refractivity contribution >= 4 is 22.6 Å². The number of hydrogen-bond acceptors (Lipinski definition) is 3. The molecule has 4 heteroatoms. The number of benzene rings is 1. The predicted molar refractivity (Wildman–Crippen MR) is 76.9 cm³/mol. The first kappa shape index (κ1) is 13.5. The standard InChI is InChI=1S/C15H20N2O2/c1-15(2,3)19-14(18)7-4-10-9-17-13-8-11(16)5-6-12(10)13/h5-6,8-9,17H,4,7,16H2,1-3H3. The molecule has 0 aliphatic heterocycles. The Morgan fingerprint density at radius 1 is 1.37 bits per heavy atom. The molecule has 2 aromatic rings. The highest BCUT2D eigenvalue weighted by atomic mass is 16.6. The summed E-state index contributed by atoms with van der Waals surface area (Å²) in [5, 5.41) is 1.11. The smallest absolute Gasteiger partial charge is 0.306 e. The van der Waals surface area contributed by atoms with Crippen molar-refractivity contribution in [1.29, 1.82) is 0 Å². The first-order valence-corrected chi connectivity index (χ1v) is 6.42. The topological polar surface area (TPSA) is 68.1 Å². The minimum absolute atomic E-state index is 0.169. The molecule has 0 fully saturated rings. The number of carbonyl (C=O) groups excluding carboxylic acids is 1. The van der Waals surface area contributed by atoms with Crippen molar-refractivity contribution in [3.05, 3.63) is 30.0 Å². The highest BCUT2D eigenvalue weighted by Gasteiger charge is 2.16. The van der Waals surface area contributed by atoms with Gasteiger partial charge in [0.25, 0.3) is 0 Å². The van der Waals surface area contributed by atoms with E-state index >= 15 is 0 Å². The highest BCUT2D eigenvalue weighted by molar-refractivity contribution is 5.86. The van der Waals surface area contributed by atoms with E-state index in [1.54, 1.807) is 0 Å². The lowest BCUT2D eigenvalue weighted by atomic mass is 10.1. The quantitative estimate of drug-likeness (QED) is 0.658. The minimum Gasteiger partial charge on any atom is -0.460 e. The number of aromatic amines is 1. The molecule has 0 unspecified atom stereocenters. The van der Waals surface area contributed by atoms with Crippen molar-refractivity contribution in [2.24, 2.45) is 0 Å². The van der Waals surface area contributed by atoms with Crippen LogP contribution in [0.15, 0.2) is 24.4 Å². The molecule has 0 saturated carbocycles. The number of nitrogen functional groups attached to an aromatic ring is 1. The third-order valence-electron chi connectivity index (χ3n) is 2.81. The first-order chi connectivity index (χ1) is 8.85. The molecule has 0 spiro atoms. The maximum atomic E-state index is 11.7. The van der Waals surface area contributed by atoms with Crippen molar-refractivity contribution in [1.82, 2.24) is 4.98 Å². The van der Waals surface area contributed by atoms with Gasteiger partial charge in [-0.2, -0.15) is 0 Å². The molecule has 4 nitrogen and oxygen atoms in total. The second-order valence-corrected chi connectivity index (χ2v) is 5.71. The van der Waals surface area contributed by atoms with Gasteiger partial charge in [0.1, 0.15) is 5.60 Å². The van der Waals surface area contributed by atoms with Crippen LogP contribution in [0.3, 0.4) is 0 Å². The summed E-state index contributed by atoms with van der Waals surface area (Å²) in [4.78, 5) is 14.9. The summed E-state index contributed by atoms with van der Waals surface area (Å²) in [5.41, 5.74) is 8.15. The maximum absolute atomic E-state index is 11.7. The Balaban J connectivity index is 2.04. The molecular weight excluding hydrogens is 240 g/mol. The van der Waals surface area contributed by atoms with Crippen LogP contribution in [-0.4, -0.2) is 16.6 Å². The summed E-state index contributed by atoms with van der Waals surface area (Å²) in [6.07, 6.45) is 2.97. The average molecular weight is 260 g/mol. The fourth-order valence-electron chi connectivity index (χ4n) is 2.04. The zero-order valence-electron chi connectivity index (χ0n) is 11.6. The molecule has 102 valence electrons. The van der Waals surface area contributed by atoms with E-state index in [4.69, 9.17) is 10.5 Å². The van der Waals surface area contributed by atoms with Gasteiger partial charge in [-0.15, -0.1) is 0 Å². The van der Waals surface area contributed by atoms with Crippen LogP contribution in [-0.2, 0) is 16.0 Å². The van der Waals surface area contributed by atoms with Gasteiger partial charge in [-0.1, -0.05) is 6.07 Å². The van der Waals surface area contributed by atoms with E-state index in [1.807, 2.05) is 45.2 Å². The second kappa shape index (κ2) is 4.96. The molecule has 0 saturated heterocycles. The van der Waals surface area contributed by atoms with Crippen molar-refractivity contribution in [2.75, 3.05) is 5.73 Å². The Morgan fingerprint density at radius 2 is 2.11 bits per heavy atom. The van der Waals surface area contributed by atoms with Gasteiger partial charge in [0.05, 0.1) is 0 Å². The number of esters is 1. The highest BCUT2D eigenvalue weighted by Crippen LogP contribution is 2.22. The number of H-pyrrole nitrogens is 1. The van der Waals surface area contributed by atoms with Crippen LogP contribution in [0.4, 0.5) is 5.69 Å². The molecule has 1 heterocycles. The van der Waals surface area contributed by atoms with Gasteiger partial charge < -0.3 is 15.5 Å². The van der Waals surface area contributed by atoms with Crippen LogP contribution in [0.2, 0.25) is 0 Å². The average Bonchev–Trinajstić information content (AvgIpc) is 2.66. The molecule has 1 aromatic heterocycles. The molecule has 2 rings (SSSR count). The number of rotatable bonds is 3. The fourth-order valence-corrected chi connectivity index (χ4v) is 2.04. The van der Waals surface area contributed by atoms with Gasteiger partial charge in [-0.3, -0.25) is 4.79 Å². The molecule has 0 atom stereocenters. The van der Waals surface area contributed by atoms with Gasteiger partial charge in [0.2, 0.25) is 0 Å². The van der Waals surface area contributed by atoms with Gasteiger partial charge in [-0.25, -0.2) is 0 Å². The maximum Gasteiger partial charge on any atom is 0.306 e. The monoisotopic (exact) mass is 260 g/mol. The van der Waals surface area contributed by atoms with Crippen molar-refractivity contribution in [2.45, 2.75) is 39.2 Å². The van der Waals surface area contributed by atoms with E-state index < -0.39 is 5.60 Å². The predicted octanol–water partition coefficient (Wildman–Crippen LogP) is 3.02. The van der Waals surface area contributed by atoms with Crippen LogP contribution in [0, 0.1) is 0 Å². The van der Waals surface area contributed by atoms with Gasteiger partial charge in [-0.05, 0) is 44.9 Å². The summed E-state index contributed by atoms with van der Waals surface area (Å²) in [6, 6.07) is 5.74. The third-order valence-corrected chi connectivity index (χ3v) is 2.81. The SMILES string of the molecule is CC(C)(C)OC(=O)CCc1c[nH]c2cc(N)ccc12. The van der Waals surface area contributed by atoms with Crippen molar-refractivity contribution in [3.8, 4) is 0 Å². The molecule has 0 aliphatic carbocycles. The van der Waals surface area contributed by atoms with Gasteiger partial charge in [0.15, 0.2) is 0 Å². The van der Waals surface area contributed by atoms with E-state index in [9.17, 15) is 4.79 Å². The second-order valence-electron chi connectivity index (χ2n) is 5.71. The Hall–Kier alpha value is -1.97. The van der Waals surface area contributed by atoms with Crippen LogP contribution >= 0.6 is 0 Å². The molecule has 0 radical (unpaired) electrons. The van der Waals surface area contributed by atoms with E-state index in [2.05, 4.69) is 4.98 Å². The number of ether oxygens (including phenoxy) is 1.